The van der Waals surface area contributed by atoms with Crippen molar-refractivity contribution >= 4 is 34.2 Å². The maximum atomic E-state index is 11.2. The summed E-state index contributed by atoms with van der Waals surface area (Å²) in [5.74, 6) is 0.635. The second-order valence-corrected chi connectivity index (χ2v) is 6.31. The molecule has 4 rings (SSSR count). The van der Waals surface area contributed by atoms with Gasteiger partial charge in [0.25, 0.3) is 0 Å². The predicted octanol–water partition coefficient (Wildman–Crippen LogP) is 4.26. The highest BCUT2D eigenvalue weighted by atomic mass is 35.5. The lowest BCUT2D eigenvalue weighted by atomic mass is 10.2. The topological polar surface area (TPSA) is 70.2 Å². The Morgan fingerprint density at radius 3 is 2.77 bits per heavy atom. The van der Waals surface area contributed by atoms with Crippen molar-refractivity contribution in [2.75, 3.05) is 0 Å². The Hall–Kier alpha value is -2.83. The van der Waals surface area contributed by atoms with E-state index in [1.54, 1.807) is 53.3 Å². The van der Waals surface area contributed by atoms with Gasteiger partial charge in [-0.2, -0.15) is 0 Å². The fourth-order valence-electron chi connectivity index (χ4n) is 2.42. The van der Waals surface area contributed by atoms with E-state index in [9.17, 15) is 4.79 Å². The van der Waals surface area contributed by atoms with Gasteiger partial charge in [-0.15, -0.1) is 5.10 Å². The zero-order chi connectivity index (χ0) is 18.1. The number of hydrogen-bond donors (Lipinski definition) is 0. The molecule has 4 aromatic rings. The van der Waals surface area contributed by atoms with Crippen LogP contribution in [0.5, 0.6) is 5.75 Å². The highest BCUT2D eigenvalue weighted by Crippen LogP contribution is 2.24. The molecule has 0 bridgehead atoms. The molecule has 0 saturated heterocycles. The summed E-state index contributed by atoms with van der Waals surface area (Å²) >= 11 is 11.9. The van der Waals surface area contributed by atoms with Crippen LogP contribution in [0.1, 0.15) is 5.69 Å². The van der Waals surface area contributed by atoms with Crippen LogP contribution in [0.3, 0.4) is 0 Å². The summed E-state index contributed by atoms with van der Waals surface area (Å²) in [6.07, 6.45) is 1.75. The first-order chi connectivity index (χ1) is 12.6. The molecule has 0 atom stereocenters. The van der Waals surface area contributed by atoms with Crippen molar-refractivity contribution in [3.05, 3.63) is 80.9 Å². The van der Waals surface area contributed by atoms with Gasteiger partial charge < -0.3 is 9.15 Å². The molecule has 0 fully saturated rings. The van der Waals surface area contributed by atoms with Crippen LogP contribution in [-0.4, -0.2) is 15.0 Å². The van der Waals surface area contributed by atoms with Gasteiger partial charge in [-0.1, -0.05) is 28.4 Å². The van der Waals surface area contributed by atoms with Gasteiger partial charge in [0, 0.05) is 11.5 Å². The minimum Gasteiger partial charge on any atom is -0.487 e. The molecule has 0 saturated carbocycles. The number of nitrogens with zero attached hydrogens (tertiary/aromatic N) is 3. The zero-order valence-electron chi connectivity index (χ0n) is 13.2. The molecular formula is C18H11Cl2N3O3. The summed E-state index contributed by atoms with van der Waals surface area (Å²) in [7, 11) is 0. The normalized spacial score (nSPS) is 11.0. The summed E-state index contributed by atoms with van der Waals surface area (Å²) in [6.45, 7) is 0.240. The molecule has 2 heterocycles. The predicted molar refractivity (Wildman–Crippen MR) is 98.2 cm³/mol. The van der Waals surface area contributed by atoms with Crippen molar-refractivity contribution in [1.29, 1.82) is 0 Å². The molecule has 2 aromatic carbocycles. The van der Waals surface area contributed by atoms with Crippen molar-refractivity contribution < 1.29 is 9.15 Å². The van der Waals surface area contributed by atoms with Crippen LogP contribution in [-0.2, 0) is 6.61 Å². The zero-order valence-corrected chi connectivity index (χ0v) is 14.7. The monoisotopic (exact) mass is 387 g/mol. The lowest BCUT2D eigenvalue weighted by Crippen LogP contribution is -1.97. The van der Waals surface area contributed by atoms with Gasteiger partial charge in [0.05, 0.1) is 21.9 Å². The number of hydrogen-bond acceptors (Lipinski definition) is 5. The summed E-state index contributed by atoms with van der Waals surface area (Å²) in [5, 5.41) is 9.85. The first-order valence-electron chi connectivity index (χ1n) is 7.62. The molecule has 130 valence electrons. The number of benzene rings is 2. The lowest BCUT2D eigenvalue weighted by Gasteiger charge is -2.05. The average molecular weight is 388 g/mol. The van der Waals surface area contributed by atoms with Crippen LogP contribution >= 0.6 is 23.2 Å². The van der Waals surface area contributed by atoms with Gasteiger partial charge in [-0.25, -0.2) is 9.48 Å². The Labute approximate surface area is 157 Å². The smallest absolute Gasteiger partial charge is 0.336 e. The van der Waals surface area contributed by atoms with Crippen molar-refractivity contribution in [1.82, 2.24) is 15.0 Å². The number of aromatic nitrogens is 3. The minimum atomic E-state index is -0.384. The van der Waals surface area contributed by atoms with E-state index in [-0.39, 0.29) is 12.2 Å². The molecular weight excluding hydrogens is 377 g/mol. The van der Waals surface area contributed by atoms with Gasteiger partial charge in [-0.3, -0.25) is 0 Å². The summed E-state index contributed by atoms with van der Waals surface area (Å²) in [5.41, 5.74) is 1.52. The fourth-order valence-corrected chi connectivity index (χ4v) is 2.71. The van der Waals surface area contributed by atoms with Gasteiger partial charge in [0.1, 0.15) is 23.6 Å². The van der Waals surface area contributed by atoms with Crippen LogP contribution in [0.15, 0.2) is 63.9 Å². The molecule has 26 heavy (non-hydrogen) atoms. The van der Waals surface area contributed by atoms with Crippen LogP contribution < -0.4 is 10.4 Å². The number of fused-ring (bicyclic) bond motifs is 1. The number of halogens is 2. The van der Waals surface area contributed by atoms with E-state index in [0.717, 1.165) is 11.1 Å². The van der Waals surface area contributed by atoms with Gasteiger partial charge in [0.15, 0.2) is 0 Å². The third-order valence-electron chi connectivity index (χ3n) is 3.69. The molecule has 0 radical (unpaired) electrons. The van der Waals surface area contributed by atoms with E-state index in [4.69, 9.17) is 32.4 Å². The maximum absolute atomic E-state index is 11.2. The van der Waals surface area contributed by atoms with Crippen LogP contribution in [0.25, 0.3) is 16.7 Å². The van der Waals surface area contributed by atoms with E-state index in [2.05, 4.69) is 10.3 Å². The number of rotatable bonds is 4. The second kappa shape index (κ2) is 6.82. The first-order valence-corrected chi connectivity index (χ1v) is 8.37. The third kappa shape index (κ3) is 3.42. The molecule has 0 aliphatic carbocycles. The standard InChI is InChI=1S/C18H11Cl2N3O3/c19-15-4-2-13(8-16(15)20)23-9-12(21-22-23)10-25-14-3-5-17-11(7-14)1-6-18(24)26-17/h1-9H,10H2. The molecule has 0 unspecified atom stereocenters. The van der Waals surface area contributed by atoms with Crippen LogP contribution in [0.4, 0.5) is 0 Å². The molecule has 2 aromatic heterocycles. The Morgan fingerprint density at radius 1 is 1.04 bits per heavy atom. The second-order valence-electron chi connectivity index (χ2n) is 5.50. The summed E-state index contributed by atoms with van der Waals surface area (Å²) in [4.78, 5) is 11.2. The SMILES string of the molecule is O=c1ccc2cc(OCc3cn(-c4ccc(Cl)c(Cl)c4)nn3)ccc2o1. The van der Waals surface area contributed by atoms with Crippen molar-refractivity contribution in [2.24, 2.45) is 0 Å². The largest absolute Gasteiger partial charge is 0.487 e. The average Bonchev–Trinajstić information content (AvgIpc) is 3.11. The minimum absolute atomic E-state index is 0.240. The molecule has 0 aliphatic heterocycles. The van der Waals surface area contributed by atoms with Crippen LogP contribution in [0, 0.1) is 0 Å². The van der Waals surface area contributed by atoms with Gasteiger partial charge >= 0.3 is 5.63 Å². The van der Waals surface area contributed by atoms with Gasteiger partial charge in [-0.05, 0) is 42.5 Å². The highest BCUT2D eigenvalue weighted by Gasteiger charge is 2.07. The molecule has 8 heteroatoms. The molecule has 6 nitrogen and oxygen atoms in total. The molecule has 0 aliphatic rings. The summed E-state index contributed by atoms with van der Waals surface area (Å²) in [6, 6.07) is 13.5. The Kier molecular flexibility index (Phi) is 4.36. The van der Waals surface area contributed by atoms with E-state index in [0.29, 0.717) is 27.1 Å². The van der Waals surface area contributed by atoms with Crippen molar-refractivity contribution in [3.63, 3.8) is 0 Å². The molecule has 0 amide bonds. The first kappa shape index (κ1) is 16.6. The Morgan fingerprint density at radius 2 is 1.92 bits per heavy atom. The highest BCUT2D eigenvalue weighted by molar-refractivity contribution is 6.42. The van der Waals surface area contributed by atoms with E-state index in [1.807, 2.05) is 0 Å². The molecule has 0 spiro atoms. The Balaban J connectivity index is 1.50. The van der Waals surface area contributed by atoms with E-state index < -0.39 is 0 Å². The number of ether oxygens (including phenoxy) is 1. The van der Waals surface area contributed by atoms with E-state index in [1.165, 1.54) is 6.07 Å². The van der Waals surface area contributed by atoms with Crippen molar-refractivity contribution in [3.8, 4) is 11.4 Å². The van der Waals surface area contributed by atoms with E-state index >= 15 is 0 Å². The Bertz CT molecular complexity index is 1150. The van der Waals surface area contributed by atoms with Crippen LogP contribution in [0.2, 0.25) is 10.0 Å². The quantitative estimate of drug-likeness (QED) is 0.489. The fraction of sp³-hybridized carbons (Fsp3) is 0.0556. The lowest BCUT2D eigenvalue weighted by molar-refractivity contribution is 0.301. The van der Waals surface area contributed by atoms with Gasteiger partial charge in [0.2, 0.25) is 0 Å². The maximum Gasteiger partial charge on any atom is 0.336 e. The molecule has 0 N–H and O–H groups in total. The third-order valence-corrected chi connectivity index (χ3v) is 4.43. The summed E-state index contributed by atoms with van der Waals surface area (Å²) < 4.78 is 12.4. The van der Waals surface area contributed by atoms with Crippen molar-refractivity contribution in [2.45, 2.75) is 6.61 Å².